The first-order chi connectivity index (χ1) is 15.0. The molecule has 31 heavy (non-hydrogen) atoms. The van der Waals surface area contributed by atoms with Gasteiger partial charge in [-0.05, 0) is 73.1 Å². The van der Waals surface area contributed by atoms with Crippen molar-refractivity contribution in [2.75, 3.05) is 19.0 Å². The standard InChI is InChI=1S/C25H27N3O2S/c1-18(27-25(31)26-16-15-19-11-13-23(30-2)14-12-19)21-9-6-10-22(17-21)28-24(29)20-7-4-3-5-8-20/h3-14,17-18H,15-16H2,1-2H3,(H,28,29)(H2,26,27,31). The van der Waals surface area contributed by atoms with Crippen molar-refractivity contribution in [3.05, 3.63) is 95.6 Å². The fourth-order valence-corrected chi connectivity index (χ4v) is 3.40. The van der Waals surface area contributed by atoms with Gasteiger partial charge >= 0.3 is 0 Å². The van der Waals surface area contributed by atoms with Gasteiger partial charge in [0.2, 0.25) is 0 Å². The van der Waals surface area contributed by atoms with E-state index in [2.05, 4.69) is 28.1 Å². The topological polar surface area (TPSA) is 62.4 Å². The number of nitrogens with one attached hydrogen (secondary N) is 3. The molecule has 0 aliphatic rings. The molecule has 0 heterocycles. The lowest BCUT2D eigenvalue weighted by molar-refractivity contribution is 0.102. The van der Waals surface area contributed by atoms with Gasteiger partial charge in [0.15, 0.2) is 5.11 Å². The molecule has 1 amide bonds. The fraction of sp³-hybridized carbons (Fsp3) is 0.200. The van der Waals surface area contributed by atoms with Crippen LogP contribution in [0.3, 0.4) is 0 Å². The summed E-state index contributed by atoms with van der Waals surface area (Å²) in [6.45, 7) is 2.77. The molecule has 0 spiro atoms. The van der Waals surface area contributed by atoms with Crippen LogP contribution in [0.5, 0.6) is 5.75 Å². The third kappa shape index (κ3) is 6.83. The van der Waals surface area contributed by atoms with Gasteiger partial charge in [0.05, 0.1) is 13.2 Å². The molecule has 5 nitrogen and oxygen atoms in total. The van der Waals surface area contributed by atoms with E-state index in [9.17, 15) is 4.79 Å². The Morgan fingerprint density at radius 3 is 2.45 bits per heavy atom. The van der Waals surface area contributed by atoms with Crippen LogP contribution in [0.2, 0.25) is 0 Å². The highest BCUT2D eigenvalue weighted by Gasteiger charge is 2.10. The Morgan fingerprint density at radius 1 is 1.00 bits per heavy atom. The molecule has 0 saturated heterocycles. The zero-order chi connectivity index (χ0) is 22.1. The summed E-state index contributed by atoms with van der Waals surface area (Å²) in [7, 11) is 1.66. The number of ether oxygens (including phenoxy) is 1. The van der Waals surface area contributed by atoms with Crippen LogP contribution in [0.4, 0.5) is 5.69 Å². The molecule has 1 unspecified atom stereocenters. The number of carbonyl (C=O) groups excluding carboxylic acids is 1. The summed E-state index contributed by atoms with van der Waals surface area (Å²) in [5.74, 6) is 0.721. The highest BCUT2D eigenvalue weighted by molar-refractivity contribution is 7.80. The zero-order valence-corrected chi connectivity index (χ0v) is 18.5. The van der Waals surface area contributed by atoms with Crippen LogP contribution in [-0.4, -0.2) is 24.7 Å². The van der Waals surface area contributed by atoms with Gasteiger partial charge in [-0.2, -0.15) is 0 Å². The maximum atomic E-state index is 12.4. The monoisotopic (exact) mass is 433 g/mol. The van der Waals surface area contributed by atoms with Gasteiger partial charge in [0.1, 0.15) is 5.75 Å². The van der Waals surface area contributed by atoms with Crippen molar-refractivity contribution in [1.82, 2.24) is 10.6 Å². The Bertz CT molecular complexity index is 1010. The van der Waals surface area contributed by atoms with Gasteiger partial charge < -0.3 is 20.7 Å². The number of thiocarbonyl (C=S) groups is 1. The second-order valence-electron chi connectivity index (χ2n) is 7.17. The van der Waals surface area contributed by atoms with Gasteiger partial charge in [-0.25, -0.2) is 0 Å². The summed E-state index contributed by atoms with van der Waals surface area (Å²) in [5, 5.41) is 10.1. The average molecular weight is 434 g/mol. The quantitative estimate of drug-likeness (QED) is 0.449. The first kappa shape index (κ1) is 22.3. The smallest absolute Gasteiger partial charge is 0.255 e. The largest absolute Gasteiger partial charge is 0.497 e. The van der Waals surface area contributed by atoms with E-state index < -0.39 is 0 Å². The lowest BCUT2D eigenvalue weighted by Gasteiger charge is -2.18. The van der Waals surface area contributed by atoms with Gasteiger partial charge in [-0.1, -0.05) is 42.5 Å². The van der Waals surface area contributed by atoms with Crippen molar-refractivity contribution in [1.29, 1.82) is 0 Å². The van der Waals surface area contributed by atoms with Gasteiger partial charge in [-0.15, -0.1) is 0 Å². The number of hydrogen-bond donors (Lipinski definition) is 3. The lowest BCUT2D eigenvalue weighted by atomic mass is 10.1. The molecular weight excluding hydrogens is 406 g/mol. The number of methoxy groups -OCH3 is 1. The van der Waals surface area contributed by atoms with Gasteiger partial charge in [0.25, 0.3) is 5.91 Å². The zero-order valence-electron chi connectivity index (χ0n) is 17.7. The molecule has 3 aromatic rings. The number of carbonyl (C=O) groups is 1. The molecule has 6 heteroatoms. The van der Waals surface area contributed by atoms with Crippen molar-refractivity contribution in [2.45, 2.75) is 19.4 Å². The SMILES string of the molecule is COc1ccc(CCNC(=S)NC(C)c2cccc(NC(=O)c3ccccc3)c2)cc1. The maximum absolute atomic E-state index is 12.4. The molecular formula is C25H27N3O2S. The minimum Gasteiger partial charge on any atom is -0.497 e. The molecule has 3 N–H and O–H groups in total. The van der Waals surface area contributed by atoms with Crippen LogP contribution < -0.4 is 20.7 Å². The fourth-order valence-electron chi connectivity index (χ4n) is 3.12. The van der Waals surface area contributed by atoms with Crippen LogP contribution >= 0.6 is 12.2 Å². The molecule has 0 fully saturated rings. The van der Waals surface area contributed by atoms with Crippen molar-refractivity contribution in [2.24, 2.45) is 0 Å². The average Bonchev–Trinajstić information content (AvgIpc) is 2.80. The molecule has 0 saturated carbocycles. The van der Waals surface area contributed by atoms with E-state index in [1.165, 1.54) is 5.56 Å². The molecule has 0 bridgehead atoms. The van der Waals surface area contributed by atoms with E-state index in [1.807, 2.05) is 61.5 Å². The second-order valence-corrected chi connectivity index (χ2v) is 7.57. The summed E-state index contributed by atoms with van der Waals surface area (Å²) in [4.78, 5) is 12.4. The number of rotatable bonds is 8. The van der Waals surface area contributed by atoms with E-state index in [4.69, 9.17) is 17.0 Å². The number of benzene rings is 3. The van der Waals surface area contributed by atoms with Crippen molar-refractivity contribution in [3.8, 4) is 5.75 Å². The maximum Gasteiger partial charge on any atom is 0.255 e. The minimum atomic E-state index is -0.130. The lowest BCUT2D eigenvalue weighted by Crippen LogP contribution is -2.37. The van der Waals surface area contributed by atoms with Crippen LogP contribution in [0.25, 0.3) is 0 Å². The third-order valence-electron chi connectivity index (χ3n) is 4.89. The van der Waals surface area contributed by atoms with Gasteiger partial charge in [0, 0.05) is 17.8 Å². The van der Waals surface area contributed by atoms with E-state index >= 15 is 0 Å². The molecule has 0 radical (unpaired) electrons. The van der Waals surface area contributed by atoms with Crippen LogP contribution in [0.1, 0.15) is 34.5 Å². The van der Waals surface area contributed by atoms with E-state index in [0.29, 0.717) is 10.7 Å². The highest BCUT2D eigenvalue weighted by atomic mass is 32.1. The molecule has 3 rings (SSSR count). The normalized spacial score (nSPS) is 11.3. The number of hydrogen-bond acceptors (Lipinski definition) is 3. The molecule has 0 aromatic heterocycles. The minimum absolute atomic E-state index is 0.00503. The molecule has 0 aliphatic heterocycles. The third-order valence-corrected chi connectivity index (χ3v) is 5.15. The predicted octanol–water partition coefficient (Wildman–Crippen LogP) is 4.72. The summed E-state index contributed by atoms with van der Waals surface area (Å²) in [6, 6.07) is 24.9. The van der Waals surface area contributed by atoms with Crippen LogP contribution in [0, 0.1) is 0 Å². The Balaban J connectivity index is 1.49. The Labute approximate surface area is 188 Å². The van der Waals surface area contributed by atoms with Gasteiger partial charge in [-0.3, -0.25) is 4.79 Å². The molecule has 160 valence electrons. The summed E-state index contributed by atoms with van der Waals surface area (Å²) in [6.07, 6.45) is 0.862. The Hall–Kier alpha value is -3.38. The number of anilines is 1. The van der Waals surface area contributed by atoms with Crippen molar-refractivity contribution >= 4 is 28.9 Å². The summed E-state index contributed by atoms with van der Waals surface area (Å²) >= 11 is 5.44. The highest BCUT2D eigenvalue weighted by Crippen LogP contribution is 2.18. The van der Waals surface area contributed by atoms with Crippen LogP contribution in [0.15, 0.2) is 78.9 Å². The van der Waals surface area contributed by atoms with E-state index in [-0.39, 0.29) is 11.9 Å². The van der Waals surface area contributed by atoms with Crippen LogP contribution in [-0.2, 0) is 6.42 Å². The summed E-state index contributed by atoms with van der Waals surface area (Å²) < 4.78 is 5.18. The molecule has 3 aromatic carbocycles. The predicted molar refractivity (Wildman–Crippen MR) is 130 cm³/mol. The Kier molecular flexibility index (Phi) is 8.01. The summed E-state index contributed by atoms with van der Waals surface area (Å²) in [5.41, 5.74) is 3.62. The van der Waals surface area contributed by atoms with E-state index in [0.717, 1.165) is 30.0 Å². The number of amides is 1. The molecule has 1 atom stereocenters. The second kappa shape index (κ2) is 11.1. The first-order valence-corrected chi connectivity index (χ1v) is 10.6. The van der Waals surface area contributed by atoms with E-state index in [1.54, 1.807) is 19.2 Å². The molecule has 0 aliphatic carbocycles. The first-order valence-electron chi connectivity index (χ1n) is 10.2. The van der Waals surface area contributed by atoms with Crippen molar-refractivity contribution in [3.63, 3.8) is 0 Å². The Morgan fingerprint density at radius 2 is 1.74 bits per heavy atom. The van der Waals surface area contributed by atoms with Crippen molar-refractivity contribution < 1.29 is 9.53 Å².